The molecule has 6 rings (SSSR count). The molecule has 0 amide bonds. The van der Waals surface area contributed by atoms with Crippen molar-refractivity contribution in [1.82, 2.24) is 0 Å². The summed E-state index contributed by atoms with van der Waals surface area (Å²) in [6.07, 6.45) is 0. The van der Waals surface area contributed by atoms with Crippen LogP contribution < -0.4 is 0 Å². The average Bonchev–Trinajstić information content (AvgIpc) is 3.05. The zero-order chi connectivity index (χ0) is 27.3. The normalized spacial score (nSPS) is 12.7. The molecule has 0 unspecified atom stereocenters. The predicted octanol–water partition coefficient (Wildman–Crippen LogP) is 11.3. The molecule has 2 heteroatoms. The van der Waals surface area contributed by atoms with Crippen molar-refractivity contribution in [2.24, 2.45) is 0 Å². The fourth-order valence-electron chi connectivity index (χ4n) is 5.99. The van der Waals surface area contributed by atoms with Crippen LogP contribution in [-0.4, -0.2) is 4.58 Å². The summed E-state index contributed by atoms with van der Waals surface area (Å²) < 4.78 is 0.222. The topological polar surface area (TPSA) is 0 Å². The molecule has 0 spiro atoms. The van der Waals surface area contributed by atoms with Gasteiger partial charge in [-0.1, -0.05) is 109 Å². The molecule has 0 atom stereocenters. The van der Waals surface area contributed by atoms with Crippen molar-refractivity contribution in [3.63, 3.8) is 0 Å². The van der Waals surface area contributed by atoms with Gasteiger partial charge in [-0.05, 0) is 109 Å². The summed E-state index contributed by atoms with van der Waals surface area (Å²) in [6.45, 7) is 2.53. The minimum Gasteiger partial charge on any atom is -0.149 e. The van der Waals surface area contributed by atoms with Gasteiger partial charge in [0.1, 0.15) is 0 Å². The van der Waals surface area contributed by atoms with E-state index >= 15 is 0 Å². The molecule has 0 bridgehead atoms. The summed E-state index contributed by atoms with van der Waals surface area (Å²) in [7, 11) is -3.55. The molecular formula is C38H34S2. The second kappa shape index (κ2) is 11.6. The monoisotopic (exact) mass is 554 g/mol. The predicted molar refractivity (Wildman–Crippen MR) is 173 cm³/mol. The number of rotatable bonds is 8. The third kappa shape index (κ3) is 4.38. The maximum atomic E-state index is 2.53. The quantitative estimate of drug-likeness (QED) is 0.175. The van der Waals surface area contributed by atoms with E-state index in [2.05, 4.69) is 189 Å². The van der Waals surface area contributed by atoms with E-state index in [1.807, 2.05) is 0 Å². The van der Waals surface area contributed by atoms with E-state index in [0.717, 1.165) is 0 Å². The van der Waals surface area contributed by atoms with E-state index in [-0.39, 0.29) is 4.58 Å². The largest absolute Gasteiger partial charge is 0.149 e. The van der Waals surface area contributed by atoms with Crippen LogP contribution >= 0.6 is 20.1 Å². The molecule has 0 aliphatic carbocycles. The van der Waals surface area contributed by atoms with Crippen LogP contribution in [0.15, 0.2) is 211 Å². The van der Waals surface area contributed by atoms with E-state index < -0.39 is 20.1 Å². The van der Waals surface area contributed by atoms with Gasteiger partial charge in [0.05, 0.1) is 0 Å². The smallest absolute Gasteiger partial charge is 0.0395 e. The van der Waals surface area contributed by atoms with Crippen LogP contribution in [0.2, 0.25) is 0 Å². The summed E-state index contributed by atoms with van der Waals surface area (Å²) in [5.74, 6) is 0. The third-order valence-electron chi connectivity index (χ3n) is 7.69. The lowest BCUT2D eigenvalue weighted by Gasteiger charge is -2.57. The van der Waals surface area contributed by atoms with Crippen LogP contribution in [0, 0.1) is 0 Å². The molecule has 0 aromatic heterocycles. The fraction of sp³-hybridized carbons (Fsp3) is 0.0526. The lowest BCUT2D eigenvalue weighted by molar-refractivity contribution is 1.17. The number of hydrogen-bond donors (Lipinski definition) is 0. The molecule has 0 nitrogen and oxygen atoms in total. The Balaban J connectivity index is 1.81. The summed E-state index contributed by atoms with van der Waals surface area (Å²) in [6, 6.07) is 67.6. The zero-order valence-electron chi connectivity index (χ0n) is 22.7. The van der Waals surface area contributed by atoms with Crippen molar-refractivity contribution in [2.75, 3.05) is 0 Å². The van der Waals surface area contributed by atoms with Crippen LogP contribution in [0.1, 0.15) is 6.92 Å². The molecule has 0 heterocycles. The first kappa shape index (κ1) is 26.3. The Kier molecular flexibility index (Phi) is 7.64. The minimum absolute atomic E-state index is 0.222. The Morgan fingerprint density at radius 3 is 0.575 bits per heavy atom. The third-order valence-corrected chi connectivity index (χ3v) is 17.5. The first-order chi connectivity index (χ1) is 19.8. The molecular weight excluding hydrogens is 521 g/mol. The second-order valence-corrected chi connectivity index (χ2v) is 16.9. The summed E-state index contributed by atoms with van der Waals surface area (Å²) in [5.41, 5.74) is 0. The highest BCUT2D eigenvalue weighted by atomic mass is 32.3. The average molecular weight is 555 g/mol. The molecule has 6 aromatic carbocycles. The Morgan fingerprint density at radius 1 is 0.275 bits per heavy atom. The molecule has 0 saturated carbocycles. The maximum absolute atomic E-state index is 2.53. The van der Waals surface area contributed by atoms with Gasteiger partial charge in [-0.15, -0.1) is 20.1 Å². The Bertz CT molecular complexity index is 1300. The van der Waals surface area contributed by atoms with Crippen LogP contribution in [0.3, 0.4) is 0 Å². The molecule has 198 valence electrons. The highest BCUT2D eigenvalue weighted by molar-refractivity contribution is 8.49. The van der Waals surface area contributed by atoms with Gasteiger partial charge >= 0.3 is 0 Å². The molecule has 0 aliphatic rings. The zero-order valence-corrected chi connectivity index (χ0v) is 24.3. The van der Waals surface area contributed by atoms with E-state index in [1.54, 1.807) is 0 Å². The van der Waals surface area contributed by atoms with Crippen LogP contribution in [0.25, 0.3) is 0 Å². The first-order valence-electron chi connectivity index (χ1n) is 13.7. The van der Waals surface area contributed by atoms with Gasteiger partial charge in [0.25, 0.3) is 0 Å². The van der Waals surface area contributed by atoms with Crippen molar-refractivity contribution >= 4 is 20.1 Å². The Morgan fingerprint density at radius 2 is 0.425 bits per heavy atom. The first-order valence-corrected chi connectivity index (χ1v) is 17.1. The molecule has 40 heavy (non-hydrogen) atoms. The Labute approximate surface area is 242 Å². The molecule has 0 radical (unpaired) electrons. The fourth-order valence-corrected chi connectivity index (χ4v) is 17.2. The standard InChI is InChI=1S/C38H34S2/c1-32(39(33-20-8-2-9-21-33,34-22-10-3-11-23-34)35-24-12-4-13-25-35)40(36-26-14-5-15-27-36,37-28-16-6-17-29-37)38-30-18-7-19-31-38/h2-32H,1H3. The SMILES string of the molecule is CC(S(c1ccccc1)(c1ccccc1)c1ccccc1)S(c1ccccc1)(c1ccccc1)c1ccccc1. The van der Waals surface area contributed by atoms with Crippen molar-refractivity contribution in [3.8, 4) is 0 Å². The van der Waals surface area contributed by atoms with E-state index in [1.165, 1.54) is 29.4 Å². The highest BCUT2D eigenvalue weighted by Crippen LogP contribution is 2.85. The second-order valence-electron chi connectivity index (χ2n) is 9.77. The number of hydrogen-bond acceptors (Lipinski definition) is 0. The minimum atomic E-state index is -1.78. The van der Waals surface area contributed by atoms with Crippen molar-refractivity contribution in [1.29, 1.82) is 0 Å². The summed E-state index contributed by atoms with van der Waals surface area (Å²) in [4.78, 5) is 8.33. The maximum Gasteiger partial charge on any atom is 0.0395 e. The molecule has 0 fully saturated rings. The molecule has 6 aromatic rings. The number of benzene rings is 6. The molecule has 0 N–H and O–H groups in total. The molecule has 0 saturated heterocycles. The summed E-state index contributed by atoms with van der Waals surface area (Å²) in [5, 5.41) is 0. The van der Waals surface area contributed by atoms with Crippen molar-refractivity contribution in [3.05, 3.63) is 182 Å². The van der Waals surface area contributed by atoms with Gasteiger partial charge in [0.2, 0.25) is 0 Å². The van der Waals surface area contributed by atoms with E-state index in [9.17, 15) is 0 Å². The lowest BCUT2D eigenvalue weighted by atomic mass is 10.4. The van der Waals surface area contributed by atoms with Crippen LogP contribution in [0.4, 0.5) is 0 Å². The van der Waals surface area contributed by atoms with Gasteiger partial charge in [0.15, 0.2) is 0 Å². The highest BCUT2D eigenvalue weighted by Gasteiger charge is 2.48. The van der Waals surface area contributed by atoms with Crippen LogP contribution in [0.5, 0.6) is 0 Å². The molecule has 0 aliphatic heterocycles. The van der Waals surface area contributed by atoms with Crippen molar-refractivity contribution in [2.45, 2.75) is 40.9 Å². The van der Waals surface area contributed by atoms with Gasteiger partial charge in [-0.25, -0.2) is 0 Å². The van der Waals surface area contributed by atoms with Gasteiger partial charge < -0.3 is 0 Å². The van der Waals surface area contributed by atoms with Gasteiger partial charge in [0, 0.05) is 4.58 Å². The Hall–Kier alpha value is -3.98. The lowest BCUT2D eigenvalue weighted by Crippen LogP contribution is -2.25. The summed E-state index contributed by atoms with van der Waals surface area (Å²) >= 11 is 0. The van der Waals surface area contributed by atoms with Gasteiger partial charge in [-0.2, -0.15) is 0 Å². The van der Waals surface area contributed by atoms with E-state index in [4.69, 9.17) is 0 Å². The van der Waals surface area contributed by atoms with Crippen molar-refractivity contribution < 1.29 is 0 Å². The van der Waals surface area contributed by atoms with E-state index in [0.29, 0.717) is 0 Å². The van der Waals surface area contributed by atoms with Crippen LogP contribution in [-0.2, 0) is 0 Å². The van der Waals surface area contributed by atoms with Gasteiger partial charge in [-0.3, -0.25) is 0 Å².